The lowest BCUT2D eigenvalue weighted by Gasteiger charge is -2.35. The summed E-state index contributed by atoms with van der Waals surface area (Å²) in [5.74, 6) is 0. The van der Waals surface area contributed by atoms with E-state index in [0.717, 1.165) is 11.1 Å². The Kier molecular flexibility index (Phi) is 8.71. The van der Waals surface area contributed by atoms with Gasteiger partial charge in [0.05, 0.1) is 24.2 Å². The van der Waals surface area contributed by atoms with Gasteiger partial charge in [-0.15, -0.1) is 0 Å². The van der Waals surface area contributed by atoms with Gasteiger partial charge in [-0.3, -0.25) is 0 Å². The van der Waals surface area contributed by atoms with Crippen molar-refractivity contribution in [2.24, 2.45) is 0 Å². The average molecular weight is 410 g/mol. The largest absolute Gasteiger partial charge is 0.412 e. The van der Waals surface area contributed by atoms with Gasteiger partial charge in [-0.05, 0) is 43.0 Å². The first-order valence-electron chi connectivity index (χ1n) is 8.94. The molecule has 1 fully saturated rings. The van der Waals surface area contributed by atoms with Crippen molar-refractivity contribution in [2.75, 3.05) is 20.3 Å². The zero-order valence-corrected chi connectivity index (χ0v) is 16.9. The van der Waals surface area contributed by atoms with Crippen molar-refractivity contribution in [2.45, 2.75) is 36.8 Å². The topological polar surface area (TPSA) is 99.7 Å². The molecular weight excluding hydrogens is 382 g/mol. The molecular formula is C20H27NO6S. The van der Waals surface area contributed by atoms with E-state index in [2.05, 4.69) is 36.1 Å². The zero-order valence-electron chi connectivity index (χ0n) is 16.0. The maximum Gasteiger partial charge on any atom is 0.206 e. The molecule has 2 aromatic rings. The Morgan fingerprint density at radius 2 is 1.71 bits per heavy atom. The predicted molar refractivity (Wildman–Crippen MR) is 106 cm³/mol. The minimum Gasteiger partial charge on any atom is -0.412 e. The highest BCUT2D eigenvalue weighted by atomic mass is 32.2. The van der Waals surface area contributed by atoms with Crippen LogP contribution in [0.15, 0.2) is 53.4 Å². The third-order valence-electron chi connectivity index (χ3n) is 4.61. The fourth-order valence-electron chi connectivity index (χ4n) is 3.04. The summed E-state index contributed by atoms with van der Waals surface area (Å²) in [5, 5.41) is 11.5. The second-order valence-electron chi connectivity index (χ2n) is 6.62. The molecule has 28 heavy (non-hydrogen) atoms. The normalized spacial score (nSPS) is 21.1. The van der Waals surface area contributed by atoms with Gasteiger partial charge in [0.15, 0.2) is 0 Å². The summed E-state index contributed by atoms with van der Waals surface area (Å²) in [6.07, 6.45) is 0.623. The van der Waals surface area contributed by atoms with Gasteiger partial charge in [-0.1, -0.05) is 42.0 Å². The fourth-order valence-corrected chi connectivity index (χ4v) is 3.85. The van der Waals surface area contributed by atoms with Crippen molar-refractivity contribution < 1.29 is 28.9 Å². The lowest BCUT2D eigenvalue weighted by atomic mass is 10.0. The van der Waals surface area contributed by atoms with E-state index in [1.807, 2.05) is 24.3 Å². The van der Waals surface area contributed by atoms with Crippen molar-refractivity contribution in [3.63, 3.8) is 0 Å². The SMILES string of the molecule is COOCC1CC(O)CCN1OS(=O)c1ccc(-c2ccc(C)cc2)cc1.O. The van der Waals surface area contributed by atoms with Crippen LogP contribution in [0, 0.1) is 6.92 Å². The second kappa shape index (κ2) is 10.8. The lowest BCUT2D eigenvalue weighted by Crippen LogP contribution is -2.46. The van der Waals surface area contributed by atoms with Gasteiger partial charge in [-0.25, -0.2) is 14.0 Å². The molecule has 0 aromatic heterocycles. The number of hydrogen-bond donors (Lipinski definition) is 1. The van der Waals surface area contributed by atoms with Crippen LogP contribution >= 0.6 is 0 Å². The summed E-state index contributed by atoms with van der Waals surface area (Å²) in [7, 11) is 1.43. The van der Waals surface area contributed by atoms with E-state index in [-0.39, 0.29) is 18.1 Å². The van der Waals surface area contributed by atoms with E-state index in [4.69, 9.17) is 9.17 Å². The van der Waals surface area contributed by atoms with Crippen LogP contribution in [0.3, 0.4) is 0 Å². The second-order valence-corrected chi connectivity index (χ2v) is 7.71. The summed E-state index contributed by atoms with van der Waals surface area (Å²) < 4.78 is 18.3. The molecule has 1 heterocycles. The Bertz CT molecular complexity index is 752. The van der Waals surface area contributed by atoms with Gasteiger partial charge in [0, 0.05) is 6.54 Å². The van der Waals surface area contributed by atoms with Crippen LogP contribution in [0.25, 0.3) is 11.1 Å². The lowest BCUT2D eigenvalue weighted by molar-refractivity contribution is -0.293. The van der Waals surface area contributed by atoms with Gasteiger partial charge in [-0.2, -0.15) is 9.35 Å². The van der Waals surface area contributed by atoms with E-state index < -0.39 is 17.2 Å². The molecule has 7 nitrogen and oxygen atoms in total. The van der Waals surface area contributed by atoms with Crippen LogP contribution in [0.4, 0.5) is 0 Å². The minimum absolute atomic E-state index is 0. The molecule has 0 amide bonds. The molecule has 1 aliphatic heterocycles. The van der Waals surface area contributed by atoms with Crippen molar-refractivity contribution in [1.82, 2.24) is 5.06 Å². The predicted octanol–water partition coefficient (Wildman–Crippen LogP) is 2.19. The van der Waals surface area contributed by atoms with Crippen LogP contribution in [0.1, 0.15) is 18.4 Å². The first kappa shape index (κ1) is 22.6. The molecule has 0 saturated carbocycles. The Balaban J connectivity index is 0.00000280. The van der Waals surface area contributed by atoms with Crippen LogP contribution in [0.2, 0.25) is 0 Å². The Morgan fingerprint density at radius 3 is 2.32 bits per heavy atom. The number of rotatable bonds is 7. The average Bonchev–Trinajstić information content (AvgIpc) is 2.69. The van der Waals surface area contributed by atoms with Gasteiger partial charge in [0.25, 0.3) is 0 Å². The molecule has 1 saturated heterocycles. The molecule has 3 rings (SSSR count). The van der Waals surface area contributed by atoms with E-state index in [1.54, 1.807) is 5.06 Å². The smallest absolute Gasteiger partial charge is 0.206 e. The minimum atomic E-state index is -1.64. The maximum atomic E-state index is 12.6. The molecule has 2 aromatic carbocycles. The summed E-state index contributed by atoms with van der Waals surface area (Å²) in [6.45, 7) is 2.76. The van der Waals surface area contributed by atoms with Crippen molar-refractivity contribution in [3.05, 3.63) is 54.1 Å². The quantitative estimate of drug-likeness (QED) is 0.556. The molecule has 154 valence electrons. The van der Waals surface area contributed by atoms with Crippen LogP contribution in [0.5, 0.6) is 0 Å². The van der Waals surface area contributed by atoms with E-state index in [1.165, 1.54) is 12.7 Å². The van der Waals surface area contributed by atoms with Crippen molar-refractivity contribution in [1.29, 1.82) is 0 Å². The maximum absolute atomic E-state index is 12.6. The number of aliphatic hydroxyl groups is 1. The first-order valence-corrected chi connectivity index (χ1v) is 10.0. The first-order chi connectivity index (χ1) is 13.1. The van der Waals surface area contributed by atoms with Gasteiger partial charge in [0.2, 0.25) is 11.1 Å². The van der Waals surface area contributed by atoms with Gasteiger partial charge >= 0.3 is 0 Å². The number of nitrogens with zero attached hydrogens (tertiary/aromatic N) is 1. The summed E-state index contributed by atoms with van der Waals surface area (Å²) in [4.78, 5) is 10.2. The van der Waals surface area contributed by atoms with Crippen LogP contribution < -0.4 is 0 Å². The van der Waals surface area contributed by atoms with Crippen LogP contribution in [-0.4, -0.2) is 52.3 Å². The third kappa shape index (κ3) is 5.92. The number of piperidine rings is 1. The standard InChI is InChI=1S/C20H25NO5S.H2O/c1-15-3-5-16(6-4-15)17-7-9-20(10-8-17)27(23)26-21-12-11-19(22)13-18(21)14-25-24-2;/h3-10,18-19,22H,11-14H2,1-2H3;1H2. The highest BCUT2D eigenvalue weighted by molar-refractivity contribution is 7.80. The van der Waals surface area contributed by atoms with E-state index in [9.17, 15) is 9.32 Å². The van der Waals surface area contributed by atoms with Gasteiger partial charge in [0.1, 0.15) is 6.61 Å². The molecule has 3 N–H and O–H groups in total. The fraction of sp³-hybridized carbons (Fsp3) is 0.400. The highest BCUT2D eigenvalue weighted by Crippen LogP contribution is 2.24. The number of aryl methyl sites for hydroxylation is 1. The monoisotopic (exact) mass is 409 g/mol. The van der Waals surface area contributed by atoms with Crippen molar-refractivity contribution >= 4 is 11.1 Å². The number of aliphatic hydroxyl groups excluding tert-OH is 1. The zero-order chi connectivity index (χ0) is 19.2. The molecule has 3 unspecified atom stereocenters. The summed E-state index contributed by atoms with van der Waals surface area (Å²) >= 11 is -1.64. The van der Waals surface area contributed by atoms with Crippen molar-refractivity contribution in [3.8, 4) is 11.1 Å². The molecule has 0 radical (unpaired) electrons. The van der Waals surface area contributed by atoms with E-state index >= 15 is 0 Å². The third-order valence-corrected chi connectivity index (χ3v) is 5.59. The molecule has 3 atom stereocenters. The Morgan fingerprint density at radius 1 is 1.11 bits per heavy atom. The Hall–Kier alpha value is -1.65. The van der Waals surface area contributed by atoms with Gasteiger partial charge < -0.3 is 10.6 Å². The molecule has 1 aliphatic rings. The molecule has 0 bridgehead atoms. The van der Waals surface area contributed by atoms with E-state index in [0.29, 0.717) is 24.3 Å². The molecule has 8 heteroatoms. The molecule has 0 spiro atoms. The summed E-state index contributed by atoms with van der Waals surface area (Å²) in [5.41, 5.74) is 3.38. The number of hydroxylamine groups is 2. The van der Waals surface area contributed by atoms with Crippen LogP contribution in [-0.2, 0) is 25.1 Å². The molecule has 0 aliphatic carbocycles. The Labute approximate surface area is 167 Å². The highest BCUT2D eigenvalue weighted by Gasteiger charge is 2.30. The number of hydrogen-bond acceptors (Lipinski definition) is 6. The number of benzene rings is 2. The summed E-state index contributed by atoms with van der Waals surface area (Å²) in [6, 6.07) is 15.5.